The van der Waals surface area contributed by atoms with Crippen molar-refractivity contribution >= 4 is 6.09 Å². The smallest absolute Gasteiger partial charge is 0.410 e. The van der Waals surface area contributed by atoms with E-state index in [1.807, 2.05) is 60.7 Å². The average Bonchev–Trinajstić information content (AvgIpc) is 0.779. The number of unbranched alkanes of at least 4 members (excludes halogenated alkanes) is 2. The number of hydrogen-bond acceptors (Lipinski definition) is 33. The summed E-state index contributed by atoms with van der Waals surface area (Å²) >= 11 is 0. The maximum absolute atomic E-state index is 13.2. The van der Waals surface area contributed by atoms with Crippen LogP contribution in [0.3, 0.4) is 0 Å². The van der Waals surface area contributed by atoms with E-state index in [0.717, 1.165) is 11.1 Å². The molecule has 2 aromatic rings. The summed E-state index contributed by atoms with van der Waals surface area (Å²) < 4.78 is 74.8. The van der Waals surface area contributed by atoms with E-state index in [1.165, 1.54) is 0 Å². The Morgan fingerprint density at radius 1 is 0.415 bits per heavy atom. The Kier molecular flexibility index (Phi) is 28.4. The Balaban J connectivity index is 0.881. The predicted molar refractivity (Wildman–Crippen MR) is 304 cm³/mol. The van der Waals surface area contributed by atoms with E-state index in [1.54, 1.807) is 4.90 Å². The highest BCUT2D eigenvalue weighted by Gasteiger charge is 2.58. The van der Waals surface area contributed by atoms with Crippen LogP contribution in [-0.2, 0) is 74.7 Å². The molecule has 0 aliphatic carbocycles. The predicted octanol–water partition coefficient (Wildman–Crippen LogP) is -6.43. The summed E-state index contributed by atoms with van der Waals surface area (Å²) in [7, 11) is 0. The fraction of sp³-hybridized carbons (Fsp3) is 0.768. The lowest BCUT2D eigenvalue weighted by atomic mass is 9.94. The summed E-state index contributed by atoms with van der Waals surface area (Å²) in [5, 5.41) is 192. The van der Waals surface area contributed by atoms with Crippen molar-refractivity contribution < 1.29 is 153 Å². The number of azide groups is 2. The van der Waals surface area contributed by atoms with Gasteiger partial charge in [-0.15, -0.1) is 0 Å². The number of ether oxygens (including phenoxy) is 13. The summed E-state index contributed by atoms with van der Waals surface area (Å²) in [5.74, 6) is 0. The van der Waals surface area contributed by atoms with Gasteiger partial charge in [-0.3, -0.25) is 0 Å². The third kappa shape index (κ3) is 17.7. The Morgan fingerprint density at radius 3 is 1.24 bits per heavy atom. The largest absolute Gasteiger partial charge is 0.445 e. The van der Waals surface area contributed by atoms with E-state index in [9.17, 15) is 103 Å². The molecule has 0 aromatic heterocycles. The van der Waals surface area contributed by atoms with Gasteiger partial charge in [-0.25, -0.2) is 4.79 Å². The molecule has 0 unspecified atom stereocenters. The topological polar surface area (TPSA) is 582 Å². The molecule has 528 valence electrons. The van der Waals surface area contributed by atoms with Crippen LogP contribution in [0, 0.1) is 0 Å². The van der Waals surface area contributed by atoms with Crippen LogP contribution in [0.15, 0.2) is 70.9 Å². The zero-order valence-corrected chi connectivity index (χ0v) is 50.2. The van der Waals surface area contributed by atoms with Crippen molar-refractivity contribution in [1.82, 2.24) is 4.90 Å². The minimum Gasteiger partial charge on any atom is -0.445 e. The monoisotopic (exact) mass is 1350 g/mol. The van der Waals surface area contributed by atoms with Gasteiger partial charge in [0, 0.05) is 29.5 Å². The number of carbonyl (C=O) groups is 1. The number of aliphatic hydroxyl groups excluding tert-OH is 17. The molecule has 38 nitrogen and oxygen atoms in total. The first kappa shape index (κ1) is 75.0. The summed E-state index contributed by atoms with van der Waals surface area (Å²) in [4.78, 5) is 20.2. The molecular weight excluding hydrogens is 1270 g/mol. The molecule has 6 aliphatic heterocycles. The minimum absolute atomic E-state index is 0.0207. The second-order valence-corrected chi connectivity index (χ2v) is 23.0. The van der Waals surface area contributed by atoms with Gasteiger partial charge in [0.05, 0.1) is 51.8 Å². The van der Waals surface area contributed by atoms with Crippen LogP contribution < -0.4 is 0 Å². The van der Waals surface area contributed by atoms with Crippen molar-refractivity contribution in [2.45, 2.75) is 217 Å². The first-order chi connectivity index (χ1) is 45.2. The van der Waals surface area contributed by atoms with Crippen LogP contribution in [0.25, 0.3) is 20.9 Å². The molecular formula is C56H83N7O31. The van der Waals surface area contributed by atoms with Crippen LogP contribution in [0.1, 0.15) is 30.4 Å². The van der Waals surface area contributed by atoms with E-state index >= 15 is 0 Å². The van der Waals surface area contributed by atoms with E-state index < -0.39 is 230 Å². The van der Waals surface area contributed by atoms with Crippen molar-refractivity contribution in [2.24, 2.45) is 10.2 Å². The molecule has 6 fully saturated rings. The van der Waals surface area contributed by atoms with Crippen molar-refractivity contribution in [3.8, 4) is 0 Å². The van der Waals surface area contributed by atoms with Crippen molar-refractivity contribution in [3.63, 3.8) is 0 Å². The summed E-state index contributed by atoms with van der Waals surface area (Å²) in [5.41, 5.74) is 20.9. The van der Waals surface area contributed by atoms with E-state index in [0.29, 0.717) is 32.4 Å². The lowest BCUT2D eigenvalue weighted by Crippen LogP contribution is -2.68. The minimum atomic E-state index is -2.26. The first-order valence-corrected chi connectivity index (χ1v) is 30.3. The van der Waals surface area contributed by atoms with Crippen LogP contribution >= 0.6 is 0 Å². The van der Waals surface area contributed by atoms with E-state index in [-0.39, 0.29) is 13.2 Å². The van der Waals surface area contributed by atoms with Gasteiger partial charge >= 0.3 is 6.09 Å². The van der Waals surface area contributed by atoms with Gasteiger partial charge in [0.15, 0.2) is 37.7 Å². The van der Waals surface area contributed by atoms with Gasteiger partial charge in [0.1, 0.15) is 141 Å². The highest BCUT2D eigenvalue weighted by molar-refractivity contribution is 5.67. The van der Waals surface area contributed by atoms with Crippen LogP contribution in [0.4, 0.5) is 4.79 Å². The molecule has 8 rings (SSSR count). The molecule has 2 aromatic carbocycles. The highest BCUT2D eigenvalue weighted by atomic mass is 16.8. The van der Waals surface area contributed by atoms with Crippen molar-refractivity contribution in [1.29, 1.82) is 0 Å². The number of benzene rings is 2. The molecule has 6 aliphatic rings. The number of carbonyl (C=O) groups excluding carboxylic acids is 1. The molecule has 0 saturated carbocycles. The molecule has 30 atom stereocenters. The average molecular weight is 1350 g/mol. The van der Waals surface area contributed by atoms with E-state index in [4.69, 9.17) is 61.6 Å². The van der Waals surface area contributed by atoms with Crippen LogP contribution in [-0.4, -0.2) is 335 Å². The lowest BCUT2D eigenvalue weighted by molar-refractivity contribution is -0.386. The molecule has 94 heavy (non-hydrogen) atoms. The molecule has 1 amide bonds. The van der Waals surface area contributed by atoms with Crippen molar-refractivity contribution in [3.05, 3.63) is 92.7 Å². The maximum Gasteiger partial charge on any atom is 0.410 e. The summed E-state index contributed by atoms with van der Waals surface area (Å²) in [6.45, 7) is -5.23. The zero-order chi connectivity index (χ0) is 67.9. The number of nitrogens with zero attached hydrogens (tertiary/aromatic N) is 7. The zero-order valence-electron chi connectivity index (χ0n) is 50.2. The molecule has 6 heterocycles. The number of hydrogen-bond donors (Lipinski definition) is 17. The Morgan fingerprint density at radius 2 is 0.798 bits per heavy atom. The molecule has 17 N–H and O–H groups in total. The lowest BCUT2D eigenvalue weighted by Gasteiger charge is -2.50. The molecule has 0 radical (unpaired) electrons. The first-order valence-electron chi connectivity index (χ1n) is 30.3. The highest BCUT2D eigenvalue weighted by Crippen LogP contribution is 2.38. The standard InChI is InChI=1S/C56H83N7O31/c57-61-59-32-37(73)45(90-53-41(77)39(75)34(70)26(17-64)84-53)29(20-67)87-50(32)93-48-35(71)27(18-65)85-54(43(48)79)91-46-30(21-68)88-51(33(38(46)74)60-62-58)94-49-36(72)28(19-66)86-55(44(49)80)92-47-31(22-69)89-52(42(78)40(47)76)82-15-9-3-8-14-63(16-24-10-4-1-5-11-24)56(81)83-23-25-12-6-2-7-13-25/h1-2,4-7,10-13,26-55,64-80H,3,8-9,14-23H2/t26-,27-,28-,29-,30-,31-,32-,33-,34+,35+,36+,37-,38-,39+,40-,41-,42-,43-,44-,45-,46-,47-,48+,49+,50+,51+,52-,53+,54+,55+/m1/s1. The van der Waals surface area contributed by atoms with Gasteiger partial charge in [-0.1, -0.05) is 70.9 Å². The Labute approximate surface area is 535 Å². The van der Waals surface area contributed by atoms with Gasteiger partial charge < -0.3 is 153 Å². The maximum atomic E-state index is 13.2. The number of amides is 1. The second-order valence-electron chi connectivity index (χ2n) is 23.0. The van der Waals surface area contributed by atoms with Gasteiger partial charge in [-0.05, 0) is 41.5 Å². The number of aliphatic hydroxyl groups is 17. The normalized spacial score (nSPS) is 41.0. The third-order valence-corrected chi connectivity index (χ3v) is 16.8. The van der Waals surface area contributed by atoms with E-state index in [2.05, 4.69) is 20.1 Å². The molecule has 38 heteroatoms. The van der Waals surface area contributed by atoms with Gasteiger partial charge in [-0.2, -0.15) is 0 Å². The summed E-state index contributed by atoms with van der Waals surface area (Å²) in [6, 6.07) is 14.6. The van der Waals surface area contributed by atoms with Crippen molar-refractivity contribution in [2.75, 3.05) is 52.8 Å². The fourth-order valence-electron chi connectivity index (χ4n) is 11.6. The van der Waals surface area contributed by atoms with Gasteiger partial charge in [0.25, 0.3) is 0 Å². The molecule has 0 bridgehead atoms. The Hall–Kier alpha value is -4.83. The fourth-order valence-corrected chi connectivity index (χ4v) is 11.6. The van der Waals surface area contributed by atoms with Crippen LogP contribution in [0.2, 0.25) is 0 Å². The Bertz CT molecular complexity index is 2700. The summed E-state index contributed by atoms with van der Waals surface area (Å²) in [6.07, 6.45) is -52.5. The molecule has 6 saturated heterocycles. The second kappa shape index (κ2) is 35.6. The molecule has 0 spiro atoms. The van der Waals surface area contributed by atoms with Crippen LogP contribution in [0.5, 0.6) is 0 Å². The quantitative estimate of drug-likeness (QED) is 0.0156. The number of rotatable bonds is 29. The third-order valence-electron chi connectivity index (χ3n) is 16.8. The van der Waals surface area contributed by atoms with Gasteiger partial charge in [0.2, 0.25) is 0 Å². The SMILES string of the molecule is [N-]=[N+]=N[C@H]1[C@H](O[C@H]2[C@@H](O)[C@@H](CO)O[C@@H](O[C@H]3[C@H](O)[C@@H](N=[N+]=[N-])[C@H](O[C@H]4[C@@H](O)[C@@H](CO)O[C@@H](O[C@H]5[C@H](O)[C@@H](O)[C@H](OCCCCCN(Cc6ccccc6)C(=O)OCc6ccccc6)O[C@@H]5CO)[C@@H]4O)O[C@@H]3CO)[C@@H]2O)O[C@H](CO)[C@@H](O[C@@H]2O[C@H](CO)[C@H](O)[C@H](O)[C@H]2O)[C@@H]1O.